The molecule has 4 rings (SSSR count). The van der Waals surface area contributed by atoms with Crippen molar-refractivity contribution in [1.29, 1.82) is 0 Å². The van der Waals surface area contributed by atoms with Crippen LogP contribution in [0.15, 0.2) is 51.8 Å². The molecule has 2 aromatic carbocycles. The van der Waals surface area contributed by atoms with Crippen LogP contribution in [0.5, 0.6) is 0 Å². The largest absolute Gasteiger partial charge is 0.417 e. The molecule has 0 aliphatic heterocycles. The van der Waals surface area contributed by atoms with Crippen molar-refractivity contribution in [2.45, 2.75) is 66.0 Å². The monoisotopic (exact) mass is 516 g/mol. The number of nitrogens with one attached hydrogen (secondary N) is 4. The number of fused-ring (bicyclic) bond motifs is 1. The minimum atomic E-state index is -0.537. The topological polar surface area (TPSA) is 125 Å². The summed E-state index contributed by atoms with van der Waals surface area (Å²) in [6.45, 7) is 9.42. The van der Waals surface area contributed by atoms with E-state index in [0.717, 1.165) is 42.6 Å². The maximum atomic E-state index is 12.8. The van der Waals surface area contributed by atoms with E-state index >= 15 is 0 Å². The number of aryl methyl sites for hydroxylation is 3. The van der Waals surface area contributed by atoms with Gasteiger partial charge in [0, 0.05) is 36.6 Å². The number of aromatic nitrogens is 3. The molecule has 0 aliphatic carbocycles. The molecule has 0 fully saturated rings. The van der Waals surface area contributed by atoms with Crippen molar-refractivity contribution < 1.29 is 9.21 Å². The molecule has 200 valence electrons. The number of nitrogens with zero attached hydrogens (tertiary/aromatic N) is 2. The van der Waals surface area contributed by atoms with Gasteiger partial charge in [0.15, 0.2) is 5.58 Å². The molecule has 1 amide bonds. The Morgan fingerprint density at radius 2 is 1.89 bits per heavy atom. The third-order valence-electron chi connectivity index (χ3n) is 6.47. The maximum Gasteiger partial charge on any atom is 0.417 e. The summed E-state index contributed by atoms with van der Waals surface area (Å²) in [6, 6.07) is 11.3. The second-order valence-corrected chi connectivity index (χ2v) is 9.68. The van der Waals surface area contributed by atoms with Crippen LogP contribution in [-0.4, -0.2) is 33.4 Å². The summed E-state index contributed by atoms with van der Waals surface area (Å²) in [5, 5.41) is 9.95. The van der Waals surface area contributed by atoms with Crippen molar-refractivity contribution in [3.8, 4) is 0 Å². The van der Waals surface area contributed by atoms with Crippen molar-refractivity contribution in [3.05, 3.63) is 81.1 Å². The Balaban J connectivity index is 1.42. The van der Waals surface area contributed by atoms with Crippen LogP contribution in [0.2, 0.25) is 0 Å². The molecule has 0 radical (unpaired) electrons. The van der Waals surface area contributed by atoms with Crippen molar-refractivity contribution in [3.63, 3.8) is 0 Å². The fraction of sp³-hybridized carbons (Fsp3) is 0.379. The van der Waals surface area contributed by atoms with Crippen molar-refractivity contribution >= 4 is 28.6 Å². The number of carbonyl (C=O) groups excluding carboxylic acids is 1. The van der Waals surface area contributed by atoms with Gasteiger partial charge in [-0.25, -0.2) is 14.8 Å². The molecule has 0 saturated heterocycles. The van der Waals surface area contributed by atoms with E-state index < -0.39 is 5.76 Å². The van der Waals surface area contributed by atoms with E-state index in [2.05, 4.69) is 71.8 Å². The molecule has 1 atom stereocenters. The predicted octanol–water partition coefficient (Wildman–Crippen LogP) is 4.91. The standard InChI is InChI=1S/C29H36N6O3/c1-5-7-8-22(16-31-27(36)21-9-10-24-26(14-21)38-29(37)35-24)30-17-25-20(6-2)15-32-28(34-25)33-23-12-18(3)11-19(4)13-23/h9-15,22,30H,5-8,16-17H2,1-4H3,(H,31,36)(H,35,37)(H,32,33,34). The van der Waals surface area contributed by atoms with E-state index in [1.54, 1.807) is 18.2 Å². The van der Waals surface area contributed by atoms with Crippen LogP contribution >= 0.6 is 0 Å². The normalized spacial score (nSPS) is 12.0. The number of benzene rings is 2. The lowest BCUT2D eigenvalue weighted by molar-refractivity contribution is 0.0948. The first-order valence-corrected chi connectivity index (χ1v) is 13.2. The highest BCUT2D eigenvalue weighted by Crippen LogP contribution is 2.19. The summed E-state index contributed by atoms with van der Waals surface area (Å²) >= 11 is 0. The van der Waals surface area contributed by atoms with Crippen LogP contribution in [0.3, 0.4) is 0 Å². The molecule has 4 N–H and O–H groups in total. The molecule has 1 unspecified atom stereocenters. The smallest absolute Gasteiger partial charge is 0.408 e. The summed E-state index contributed by atoms with van der Waals surface area (Å²) in [5.74, 6) is -0.186. The Labute approximate surface area is 222 Å². The number of unbranched alkanes of at least 4 members (excludes halogenated alkanes) is 1. The number of aromatic amines is 1. The van der Waals surface area contributed by atoms with Gasteiger partial charge in [-0.2, -0.15) is 0 Å². The highest BCUT2D eigenvalue weighted by Gasteiger charge is 2.15. The minimum absolute atomic E-state index is 0.0725. The zero-order valence-corrected chi connectivity index (χ0v) is 22.5. The first kappa shape index (κ1) is 27.1. The molecule has 4 aromatic rings. The summed E-state index contributed by atoms with van der Waals surface area (Å²) in [5.41, 5.74) is 6.72. The fourth-order valence-electron chi connectivity index (χ4n) is 4.50. The SMILES string of the molecule is CCCCC(CNC(=O)c1ccc2[nH]c(=O)oc2c1)NCc1nc(Nc2cc(C)cc(C)c2)ncc1CC. The van der Waals surface area contributed by atoms with E-state index in [-0.39, 0.29) is 11.9 Å². The molecule has 0 spiro atoms. The fourth-order valence-corrected chi connectivity index (χ4v) is 4.50. The number of amides is 1. The van der Waals surface area contributed by atoms with Gasteiger partial charge in [-0.3, -0.25) is 9.78 Å². The van der Waals surface area contributed by atoms with Gasteiger partial charge in [-0.05, 0) is 73.7 Å². The molecule has 2 aromatic heterocycles. The predicted molar refractivity (Wildman–Crippen MR) is 150 cm³/mol. The molecule has 0 aliphatic rings. The van der Waals surface area contributed by atoms with Crippen LogP contribution in [0.1, 0.15) is 65.9 Å². The average Bonchev–Trinajstić information content (AvgIpc) is 3.26. The highest BCUT2D eigenvalue weighted by molar-refractivity contribution is 5.96. The number of H-pyrrole nitrogens is 1. The Bertz CT molecular complexity index is 1440. The minimum Gasteiger partial charge on any atom is -0.408 e. The van der Waals surface area contributed by atoms with E-state index in [1.165, 1.54) is 11.1 Å². The van der Waals surface area contributed by atoms with Gasteiger partial charge in [0.1, 0.15) is 0 Å². The Hall–Kier alpha value is -3.98. The van der Waals surface area contributed by atoms with Crippen LogP contribution in [0.4, 0.5) is 11.6 Å². The number of anilines is 2. The van der Waals surface area contributed by atoms with Crippen LogP contribution < -0.4 is 21.7 Å². The van der Waals surface area contributed by atoms with Gasteiger partial charge >= 0.3 is 5.76 Å². The summed E-state index contributed by atoms with van der Waals surface area (Å²) in [7, 11) is 0. The third-order valence-corrected chi connectivity index (χ3v) is 6.47. The summed E-state index contributed by atoms with van der Waals surface area (Å²) in [6.07, 6.45) is 5.73. The number of carbonyl (C=O) groups is 1. The molecular weight excluding hydrogens is 480 g/mol. The van der Waals surface area contributed by atoms with Gasteiger partial charge in [0.05, 0.1) is 11.2 Å². The van der Waals surface area contributed by atoms with Gasteiger partial charge < -0.3 is 20.4 Å². The molecule has 0 bridgehead atoms. The molecule has 38 heavy (non-hydrogen) atoms. The van der Waals surface area contributed by atoms with Crippen LogP contribution in [-0.2, 0) is 13.0 Å². The molecule has 0 saturated carbocycles. The van der Waals surface area contributed by atoms with E-state index in [9.17, 15) is 9.59 Å². The lowest BCUT2D eigenvalue weighted by Crippen LogP contribution is -2.41. The lowest BCUT2D eigenvalue weighted by Gasteiger charge is -2.20. The second-order valence-electron chi connectivity index (χ2n) is 9.68. The average molecular weight is 517 g/mol. The van der Waals surface area contributed by atoms with Crippen molar-refractivity contribution in [2.75, 3.05) is 11.9 Å². The van der Waals surface area contributed by atoms with Gasteiger partial charge in [-0.1, -0.05) is 32.8 Å². The first-order valence-electron chi connectivity index (χ1n) is 13.2. The van der Waals surface area contributed by atoms with Crippen LogP contribution in [0, 0.1) is 13.8 Å². The molecular formula is C29H36N6O3. The van der Waals surface area contributed by atoms with Crippen molar-refractivity contribution in [2.24, 2.45) is 0 Å². The van der Waals surface area contributed by atoms with Gasteiger partial charge in [-0.15, -0.1) is 0 Å². The maximum absolute atomic E-state index is 12.8. The number of hydrogen-bond acceptors (Lipinski definition) is 7. The Morgan fingerprint density at radius 1 is 1.11 bits per heavy atom. The first-order chi connectivity index (χ1) is 18.3. The van der Waals surface area contributed by atoms with Gasteiger partial charge in [0.25, 0.3) is 5.91 Å². The molecule has 2 heterocycles. The summed E-state index contributed by atoms with van der Waals surface area (Å²) < 4.78 is 5.08. The lowest BCUT2D eigenvalue weighted by atomic mass is 10.1. The number of hydrogen-bond donors (Lipinski definition) is 4. The quantitative estimate of drug-likeness (QED) is 0.211. The number of oxazole rings is 1. The van der Waals surface area contributed by atoms with Gasteiger partial charge in [0.2, 0.25) is 5.95 Å². The zero-order valence-electron chi connectivity index (χ0n) is 22.5. The molecule has 9 heteroatoms. The number of rotatable bonds is 12. The Kier molecular flexibility index (Phi) is 8.91. The van der Waals surface area contributed by atoms with Crippen molar-refractivity contribution in [1.82, 2.24) is 25.6 Å². The highest BCUT2D eigenvalue weighted by atomic mass is 16.4. The van der Waals surface area contributed by atoms with Crippen LogP contribution in [0.25, 0.3) is 11.1 Å². The Morgan fingerprint density at radius 3 is 2.63 bits per heavy atom. The third kappa shape index (κ3) is 7.07. The summed E-state index contributed by atoms with van der Waals surface area (Å²) in [4.78, 5) is 36.1. The molecule has 9 nitrogen and oxygen atoms in total. The zero-order chi connectivity index (χ0) is 27.1. The van der Waals surface area contributed by atoms with E-state index in [1.807, 2.05) is 6.20 Å². The second kappa shape index (κ2) is 12.5. The van der Waals surface area contributed by atoms with E-state index in [0.29, 0.717) is 35.7 Å². The van der Waals surface area contributed by atoms with E-state index in [4.69, 9.17) is 9.40 Å².